The molecule has 2 aromatic rings. The van der Waals surface area contributed by atoms with Crippen LogP contribution in [0.4, 0.5) is 5.69 Å². The third-order valence-corrected chi connectivity index (χ3v) is 6.48. The van der Waals surface area contributed by atoms with Gasteiger partial charge in [0.25, 0.3) is 0 Å². The van der Waals surface area contributed by atoms with E-state index < -0.39 is 0 Å². The fourth-order valence-electron chi connectivity index (χ4n) is 3.69. The molecule has 2 heteroatoms. The summed E-state index contributed by atoms with van der Waals surface area (Å²) in [5.74, 6) is 0. The number of hydrogen-bond donors (Lipinski definition) is 0. The van der Waals surface area contributed by atoms with Crippen molar-refractivity contribution in [3.63, 3.8) is 0 Å². The highest BCUT2D eigenvalue weighted by Crippen LogP contribution is 2.56. The lowest BCUT2D eigenvalue weighted by Gasteiger charge is -2.36. The summed E-state index contributed by atoms with van der Waals surface area (Å²) in [4.78, 5) is 1.40. The van der Waals surface area contributed by atoms with E-state index in [2.05, 4.69) is 74.3 Å². The summed E-state index contributed by atoms with van der Waals surface area (Å²) >= 11 is 1.99. The minimum atomic E-state index is 0.382. The molecule has 1 nitrogen and oxygen atoms in total. The Kier molecular flexibility index (Phi) is 5.80. The molecule has 0 radical (unpaired) electrons. The van der Waals surface area contributed by atoms with Gasteiger partial charge in [0, 0.05) is 11.6 Å². The second kappa shape index (κ2) is 8.04. The Morgan fingerprint density at radius 2 is 1.67 bits per heavy atom. The van der Waals surface area contributed by atoms with E-state index in [-0.39, 0.29) is 0 Å². The van der Waals surface area contributed by atoms with Crippen LogP contribution in [0.15, 0.2) is 72.3 Å². The molecule has 1 heterocycles. The largest absolute Gasteiger partial charge is 0.249 e. The van der Waals surface area contributed by atoms with E-state index in [1.807, 2.05) is 11.8 Å². The highest BCUT2D eigenvalue weighted by Gasteiger charge is 2.46. The molecule has 3 rings (SSSR count). The minimum Gasteiger partial charge on any atom is -0.249 e. The smallest absolute Gasteiger partial charge is 0.175 e. The number of unbranched alkanes of at least 4 members (excludes halogenated alkanes) is 4. The van der Waals surface area contributed by atoms with Crippen molar-refractivity contribution < 1.29 is 0 Å². The minimum absolute atomic E-state index is 0.382. The Balaban J connectivity index is 1.89. The molecule has 0 N–H and O–H groups in total. The van der Waals surface area contributed by atoms with Gasteiger partial charge in [0.1, 0.15) is 0 Å². The average molecular weight is 339 g/mol. The molecule has 126 valence electrons. The van der Waals surface area contributed by atoms with Gasteiger partial charge in [0.15, 0.2) is 11.1 Å². The molecular formula is C22H28NS+. The predicted molar refractivity (Wildman–Crippen MR) is 107 cm³/mol. The van der Waals surface area contributed by atoms with Crippen LogP contribution in [0.25, 0.3) is 0 Å². The van der Waals surface area contributed by atoms with Gasteiger partial charge in [-0.3, -0.25) is 0 Å². The van der Waals surface area contributed by atoms with Gasteiger partial charge in [-0.2, -0.15) is 0 Å². The number of thioether (sulfide) groups is 1. The number of rotatable bonds is 8. The molecule has 24 heavy (non-hydrogen) atoms. The molecule has 1 aliphatic rings. The maximum absolute atomic E-state index is 4.26. The second-order valence-corrected chi connectivity index (χ2v) is 7.72. The van der Waals surface area contributed by atoms with E-state index in [0.717, 1.165) is 11.0 Å². The first-order valence-electron chi connectivity index (χ1n) is 9.14. The van der Waals surface area contributed by atoms with E-state index >= 15 is 0 Å². The monoisotopic (exact) mass is 338 g/mol. The molecule has 1 aliphatic heterocycles. The maximum atomic E-state index is 4.26. The van der Waals surface area contributed by atoms with E-state index in [1.165, 1.54) is 48.3 Å². The third kappa shape index (κ3) is 3.31. The molecule has 0 aliphatic carbocycles. The topological polar surface area (TPSA) is 0 Å². The Morgan fingerprint density at radius 3 is 2.42 bits per heavy atom. The van der Waals surface area contributed by atoms with Gasteiger partial charge < -0.3 is 0 Å². The molecule has 0 saturated heterocycles. The van der Waals surface area contributed by atoms with Crippen molar-refractivity contribution in [2.75, 3.05) is 6.54 Å². The Labute approximate surface area is 151 Å². The molecule has 0 amide bonds. The lowest BCUT2D eigenvalue weighted by Crippen LogP contribution is -2.44. The van der Waals surface area contributed by atoms with Gasteiger partial charge in [0.2, 0.25) is 0 Å². The summed E-state index contributed by atoms with van der Waals surface area (Å²) in [7, 11) is 0. The number of fused-ring (bicyclic) bond motifs is 1. The third-order valence-electron chi connectivity index (χ3n) is 5.01. The molecule has 0 bridgehead atoms. The Hall–Kier alpha value is -1.51. The first-order chi connectivity index (χ1) is 11.8. The van der Waals surface area contributed by atoms with Crippen molar-refractivity contribution in [2.24, 2.45) is 0 Å². The van der Waals surface area contributed by atoms with Crippen molar-refractivity contribution in [3.8, 4) is 0 Å². The van der Waals surface area contributed by atoms with Gasteiger partial charge in [0.05, 0.1) is 17.6 Å². The predicted octanol–water partition coefficient (Wildman–Crippen LogP) is 6.91. The van der Waals surface area contributed by atoms with Crippen LogP contribution in [-0.2, 0) is 0 Å². The molecule has 2 aromatic carbocycles. The van der Waals surface area contributed by atoms with Crippen LogP contribution in [0.1, 0.15) is 50.0 Å². The normalized spacial score (nSPS) is 22.3. The van der Waals surface area contributed by atoms with Crippen LogP contribution >= 0.6 is 11.8 Å². The van der Waals surface area contributed by atoms with Crippen LogP contribution in [-0.4, -0.2) is 6.54 Å². The van der Waals surface area contributed by atoms with Gasteiger partial charge in [-0.15, -0.1) is 0 Å². The molecule has 0 fully saturated rings. The highest BCUT2D eigenvalue weighted by atomic mass is 32.2. The molecule has 0 saturated carbocycles. The van der Waals surface area contributed by atoms with Crippen LogP contribution in [0.3, 0.4) is 0 Å². The van der Waals surface area contributed by atoms with Crippen molar-refractivity contribution >= 4 is 17.4 Å². The van der Waals surface area contributed by atoms with Crippen LogP contribution in [0, 0.1) is 0 Å². The average Bonchev–Trinajstić information content (AvgIpc) is 2.97. The van der Waals surface area contributed by atoms with Crippen molar-refractivity contribution in [1.82, 2.24) is 4.48 Å². The number of hydrogen-bond acceptors (Lipinski definition) is 1. The van der Waals surface area contributed by atoms with E-state index in [9.17, 15) is 0 Å². The van der Waals surface area contributed by atoms with E-state index in [0.29, 0.717) is 5.37 Å². The van der Waals surface area contributed by atoms with Gasteiger partial charge in [-0.1, -0.05) is 80.4 Å². The van der Waals surface area contributed by atoms with E-state index in [4.69, 9.17) is 0 Å². The highest BCUT2D eigenvalue weighted by molar-refractivity contribution is 8.00. The molecular weight excluding hydrogens is 310 g/mol. The second-order valence-electron chi connectivity index (χ2n) is 6.60. The fourth-order valence-corrected chi connectivity index (χ4v) is 5.24. The molecule has 2 unspecified atom stereocenters. The summed E-state index contributed by atoms with van der Waals surface area (Å²) in [6, 6.07) is 19.8. The van der Waals surface area contributed by atoms with Gasteiger partial charge in [-0.25, -0.2) is 4.48 Å². The summed E-state index contributed by atoms with van der Waals surface area (Å²) in [6.45, 7) is 7.67. The molecule has 0 spiro atoms. The van der Waals surface area contributed by atoms with Crippen LogP contribution < -0.4 is 4.48 Å². The van der Waals surface area contributed by atoms with Crippen molar-refractivity contribution in [3.05, 3.63) is 72.9 Å². The molecule has 0 aromatic heterocycles. The number of quaternary nitrogens is 1. The number of para-hydroxylation sites is 1. The van der Waals surface area contributed by atoms with Crippen molar-refractivity contribution in [1.29, 1.82) is 0 Å². The van der Waals surface area contributed by atoms with Crippen LogP contribution in [0.2, 0.25) is 0 Å². The van der Waals surface area contributed by atoms with E-state index in [1.54, 1.807) is 0 Å². The summed E-state index contributed by atoms with van der Waals surface area (Å²) in [5, 5.41) is 0.382. The summed E-state index contributed by atoms with van der Waals surface area (Å²) in [6.07, 6.45) is 8.74. The lowest BCUT2D eigenvalue weighted by molar-refractivity contribution is 0.346. The lowest BCUT2D eigenvalue weighted by atomic mass is 10.1. The number of benzene rings is 2. The quantitative estimate of drug-likeness (QED) is 0.372. The Bertz CT molecular complexity index is 667. The van der Waals surface area contributed by atoms with Gasteiger partial charge >= 0.3 is 0 Å². The first kappa shape index (κ1) is 17.3. The summed E-state index contributed by atoms with van der Waals surface area (Å²) in [5.41, 5.74) is 2.81. The Morgan fingerprint density at radius 1 is 0.958 bits per heavy atom. The molecule has 2 atom stereocenters. The first-order valence-corrected chi connectivity index (χ1v) is 10.0. The van der Waals surface area contributed by atoms with Crippen LogP contribution in [0.5, 0.6) is 0 Å². The maximum Gasteiger partial charge on any atom is 0.175 e. The van der Waals surface area contributed by atoms with Crippen molar-refractivity contribution in [2.45, 2.75) is 49.3 Å². The summed E-state index contributed by atoms with van der Waals surface area (Å²) < 4.78 is 0.872. The standard InChI is InChI=1S/C22H28NS/c1-3-5-6-7-13-18-23(4-2)20-16-11-12-17-21(20)24-22(23)19-14-9-8-10-15-19/h4,8-12,14-17,22H,2-3,5-7,13,18H2,1H3/q+1. The van der Waals surface area contributed by atoms with Gasteiger partial charge in [-0.05, 0) is 25.5 Å². The zero-order valence-electron chi connectivity index (χ0n) is 14.7. The SMILES string of the molecule is C=C[N+]1(CCCCCCC)c2ccccc2SC1c1ccccc1. The fraction of sp³-hybridized carbons (Fsp3) is 0.364. The zero-order chi connectivity index (χ0) is 16.8. The number of nitrogens with zero attached hydrogens (tertiary/aromatic N) is 1. The zero-order valence-corrected chi connectivity index (χ0v) is 15.5.